The summed E-state index contributed by atoms with van der Waals surface area (Å²) < 4.78 is 28.3. The van der Waals surface area contributed by atoms with Crippen molar-refractivity contribution in [2.24, 2.45) is 0 Å². The van der Waals surface area contributed by atoms with Crippen LogP contribution in [0.15, 0.2) is 35.4 Å². The molecule has 4 rings (SSSR count). The highest BCUT2D eigenvalue weighted by atomic mass is 35.5. The lowest BCUT2D eigenvalue weighted by Crippen LogP contribution is -2.61. The molecule has 2 unspecified atom stereocenters. The summed E-state index contributed by atoms with van der Waals surface area (Å²) in [5.41, 5.74) is 1.75. The minimum absolute atomic E-state index is 0.125. The van der Waals surface area contributed by atoms with Gasteiger partial charge in [0, 0.05) is 55.9 Å². The summed E-state index contributed by atoms with van der Waals surface area (Å²) in [6.07, 6.45) is 2.14. The summed E-state index contributed by atoms with van der Waals surface area (Å²) in [5, 5.41) is 7.54. The van der Waals surface area contributed by atoms with Gasteiger partial charge in [-0.05, 0) is 24.3 Å². The maximum absolute atomic E-state index is 13.4. The number of aromatic nitrogens is 2. The zero-order chi connectivity index (χ0) is 19.3. The van der Waals surface area contributed by atoms with E-state index in [1.54, 1.807) is 37.3 Å². The molecular formula is C17H20ClN5O3S. The Labute approximate surface area is 162 Å². The summed E-state index contributed by atoms with van der Waals surface area (Å²) in [6, 6.07) is 5.21. The Bertz CT molecular complexity index is 973. The van der Waals surface area contributed by atoms with Crippen LogP contribution in [0.2, 0.25) is 5.02 Å². The van der Waals surface area contributed by atoms with Crippen molar-refractivity contribution >= 4 is 27.7 Å². The van der Waals surface area contributed by atoms with Crippen molar-refractivity contribution < 1.29 is 13.2 Å². The molecule has 1 fully saturated rings. The summed E-state index contributed by atoms with van der Waals surface area (Å²) in [5.74, 6) is 0. The van der Waals surface area contributed by atoms with Crippen molar-refractivity contribution in [3.8, 4) is 0 Å². The molecule has 0 saturated carbocycles. The molecule has 1 saturated heterocycles. The first-order chi connectivity index (χ1) is 12.8. The van der Waals surface area contributed by atoms with E-state index in [9.17, 15) is 13.2 Å². The second-order valence-corrected chi connectivity index (χ2v) is 9.33. The average Bonchev–Trinajstić information content (AvgIpc) is 3.08. The third kappa shape index (κ3) is 2.99. The standard InChI is InChI=1S/C17H20ClN5O3S/c1-21(2)17(24)22-9-12-7-15-14(8-19-20-15)16(10-22)23(12)27(25,26)13-5-3-11(18)4-6-13/h3-6,8,12,16H,7,9-10H2,1-2H3,(H,19,20). The second kappa shape index (κ2) is 6.50. The number of benzene rings is 1. The molecule has 0 spiro atoms. The molecule has 3 heterocycles. The first-order valence-electron chi connectivity index (χ1n) is 8.56. The van der Waals surface area contributed by atoms with E-state index < -0.39 is 16.1 Å². The second-order valence-electron chi connectivity index (χ2n) is 7.05. The van der Waals surface area contributed by atoms with Gasteiger partial charge < -0.3 is 9.80 Å². The molecule has 1 aromatic heterocycles. The molecule has 2 bridgehead atoms. The number of hydrogen-bond donors (Lipinski definition) is 1. The fourth-order valence-corrected chi connectivity index (χ4v) is 5.78. The van der Waals surface area contributed by atoms with Gasteiger partial charge in [-0.2, -0.15) is 9.40 Å². The number of rotatable bonds is 2. The van der Waals surface area contributed by atoms with Gasteiger partial charge in [0.2, 0.25) is 10.0 Å². The highest BCUT2D eigenvalue weighted by molar-refractivity contribution is 7.89. The van der Waals surface area contributed by atoms with Crippen LogP contribution >= 0.6 is 11.6 Å². The van der Waals surface area contributed by atoms with E-state index in [0.717, 1.165) is 11.3 Å². The Morgan fingerprint density at radius 3 is 2.63 bits per heavy atom. The number of nitrogens with zero attached hydrogens (tertiary/aromatic N) is 4. The Balaban J connectivity index is 1.76. The lowest BCUT2D eigenvalue weighted by molar-refractivity contribution is 0.0803. The van der Waals surface area contributed by atoms with Gasteiger partial charge >= 0.3 is 6.03 Å². The van der Waals surface area contributed by atoms with Crippen molar-refractivity contribution in [2.45, 2.75) is 23.4 Å². The highest BCUT2D eigenvalue weighted by Crippen LogP contribution is 2.40. The Morgan fingerprint density at radius 2 is 1.96 bits per heavy atom. The monoisotopic (exact) mass is 409 g/mol. The number of fused-ring (bicyclic) bond motifs is 4. The van der Waals surface area contributed by atoms with Crippen LogP contribution in [0.5, 0.6) is 0 Å². The molecular weight excluding hydrogens is 390 g/mol. The van der Waals surface area contributed by atoms with Gasteiger partial charge in [-0.3, -0.25) is 5.10 Å². The number of carbonyl (C=O) groups excluding carboxylic acids is 1. The van der Waals surface area contributed by atoms with Crippen molar-refractivity contribution in [1.82, 2.24) is 24.3 Å². The van der Waals surface area contributed by atoms with E-state index in [4.69, 9.17) is 11.6 Å². The van der Waals surface area contributed by atoms with E-state index in [2.05, 4.69) is 10.2 Å². The van der Waals surface area contributed by atoms with Gasteiger partial charge in [-0.25, -0.2) is 13.2 Å². The zero-order valence-electron chi connectivity index (χ0n) is 15.0. The molecule has 1 N–H and O–H groups in total. The predicted octanol–water partition coefficient (Wildman–Crippen LogP) is 1.72. The van der Waals surface area contributed by atoms with Gasteiger partial charge in [0.25, 0.3) is 0 Å². The zero-order valence-corrected chi connectivity index (χ0v) is 16.5. The topological polar surface area (TPSA) is 89.6 Å². The fourth-order valence-electron chi connectivity index (χ4n) is 3.88. The maximum atomic E-state index is 13.4. The molecule has 144 valence electrons. The molecule has 1 aromatic carbocycles. The Hall–Kier alpha value is -2.10. The van der Waals surface area contributed by atoms with E-state index in [1.165, 1.54) is 21.3 Å². The van der Waals surface area contributed by atoms with Gasteiger partial charge in [-0.15, -0.1) is 0 Å². The third-order valence-corrected chi connectivity index (χ3v) is 7.31. The summed E-state index contributed by atoms with van der Waals surface area (Å²) >= 11 is 5.91. The number of carbonyl (C=O) groups is 1. The van der Waals surface area contributed by atoms with Crippen molar-refractivity contribution in [3.05, 3.63) is 46.7 Å². The largest absolute Gasteiger partial charge is 0.331 e. The number of hydrogen-bond acceptors (Lipinski definition) is 4. The normalized spacial score (nSPS) is 22.4. The van der Waals surface area contributed by atoms with Gasteiger partial charge in [0.1, 0.15) is 0 Å². The molecule has 10 heteroatoms. The molecule has 2 atom stereocenters. The third-order valence-electron chi connectivity index (χ3n) is 5.08. The van der Waals surface area contributed by atoms with Gasteiger partial charge in [-0.1, -0.05) is 11.6 Å². The smallest absolute Gasteiger partial charge is 0.319 e. The SMILES string of the molecule is CN(C)C(=O)N1CC2Cc3[nH]ncc3C(C1)N2S(=O)(=O)c1ccc(Cl)cc1. The predicted molar refractivity (Wildman–Crippen MR) is 100.0 cm³/mol. The first-order valence-corrected chi connectivity index (χ1v) is 10.4. The van der Waals surface area contributed by atoms with Crippen LogP contribution in [-0.4, -0.2) is 72.0 Å². The number of amides is 2. The van der Waals surface area contributed by atoms with Crippen LogP contribution < -0.4 is 0 Å². The van der Waals surface area contributed by atoms with Crippen molar-refractivity contribution in [3.63, 3.8) is 0 Å². The lowest BCUT2D eigenvalue weighted by Gasteiger charge is -2.48. The molecule has 2 aliphatic rings. The van der Waals surface area contributed by atoms with E-state index in [1.807, 2.05) is 0 Å². The minimum atomic E-state index is -3.75. The van der Waals surface area contributed by atoms with Crippen molar-refractivity contribution in [1.29, 1.82) is 0 Å². The van der Waals surface area contributed by atoms with Gasteiger partial charge in [0.15, 0.2) is 0 Å². The fraction of sp³-hybridized carbons (Fsp3) is 0.412. The van der Waals surface area contributed by atoms with E-state index >= 15 is 0 Å². The highest BCUT2D eigenvalue weighted by Gasteiger charge is 2.48. The molecule has 8 nitrogen and oxygen atoms in total. The molecule has 2 amide bonds. The van der Waals surface area contributed by atoms with Crippen LogP contribution in [-0.2, 0) is 16.4 Å². The van der Waals surface area contributed by atoms with Crippen LogP contribution in [0.4, 0.5) is 4.79 Å². The average molecular weight is 410 g/mol. The lowest BCUT2D eigenvalue weighted by atomic mass is 9.92. The summed E-state index contributed by atoms with van der Waals surface area (Å²) in [6.45, 7) is 0.617. The van der Waals surface area contributed by atoms with Crippen LogP contribution in [0, 0.1) is 0 Å². The van der Waals surface area contributed by atoms with E-state index in [-0.39, 0.29) is 23.5 Å². The summed E-state index contributed by atoms with van der Waals surface area (Å²) in [4.78, 5) is 15.9. The van der Waals surface area contributed by atoms with Gasteiger partial charge in [0.05, 0.1) is 17.1 Å². The van der Waals surface area contributed by atoms with Crippen LogP contribution in [0.3, 0.4) is 0 Å². The number of halogens is 1. The summed E-state index contributed by atoms with van der Waals surface area (Å²) in [7, 11) is -0.361. The van der Waals surface area contributed by atoms with Crippen molar-refractivity contribution in [2.75, 3.05) is 27.2 Å². The number of sulfonamides is 1. The molecule has 0 radical (unpaired) electrons. The number of aromatic amines is 1. The van der Waals surface area contributed by atoms with E-state index in [0.29, 0.717) is 18.0 Å². The molecule has 27 heavy (non-hydrogen) atoms. The Kier molecular flexibility index (Phi) is 4.40. The minimum Gasteiger partial charge on any atom is -0.331 e. The number of piperazine rings is 1. The first kappa shape index (κ1) is 18.3. The quantitative estimate of drug-likeness (QED) is 0.817. The number of H-pyrrole nitrogens is 1. The number of urea groups is 1. The van der Waals surface area contributed by atoms with Crippen LogP contribution in [0.25, 0.3) is 0 Å². The molecule has 2 aromatic rings. The van der Waals surface area contributed by atoms with Crippen LogP contribution in [0.1, 0.15) is 17.3 Å². The maximum Gasteiger partial charge on any atom is 0.319 e. The number of nitrogens with one attached hydrogen (secondary N) is 1. The Morgan fingerprint density at radius 1 is 1.26 bits per heavy atom. The molecule has 2 aliphatic heterocycles. The molecule has 0 aliphatic carbocycles.